The number of carbonyl (C=O) groups excluding carboxylic acids is 1. The zero-order valence-corrected chi connectivity index (χ0v) is 12.0. The van der Waals surface area contributed by atoms with E-state index in [4.69, 9.17) is 32.7 Å². The predicted molar refractivity (Wildman–Crippen MR) is 74.3 cm³/mol. The first kappa shape index (κ1) is 14.3. The van der Waals surface area contributed by atoms with Crippen LogP contribution < -0.4 is 14.8 Å². The molecule has 1 atom stereocenters. The predicted octanol–water partition coefficient (Wildman–Crippen LogP) is 2.18. The molecule has 0 fully saturated rings. The Labute approximate surface area is 122 Å². The molecule has 19 heavy (non-hydrogen) atoms. The van der Waals surface area contributed by atoms with Gasteiger partial charge in [0.25, 0.3) is 5.91 Å². The van der Waals surface area contributed by atoms with E-state index in [2.05, 4.69) is 5.32 Å². The summed E-state index contributed by atoms with van der Waals surface area (Å²) >= 11 is 11.6. The van der Waals surface area contributed by atoms with E-state index < -0.39 is 11.6 Å². The first-order valence-electron chi connectivity index (χ1n) is 5.90. The van der Waals surface area contributed by atoms with Crippen molar-refractivity contribution in [1.29, 1.82) is 0 Å². The molecule has 1 unspecified atom stereocenters. The second-order valence-corrected chi connectivity index (χ2v) is 5.22. The molecule has 2 rings (SSSR count). The van der Waals surface area contributed by atoms with E-state index in [0.29, 0.717) is 11.5 Å². The topological polar surface area (TPSA) is 47.6 Å². The molecule has 0 aromatic heterocycles. The Kier molecular flexibility index (Phi) is 4.42. The van der Waals surface area contributed by atoms with Gasteiger partial charge in [-0.2, -0.15) is 0 Å². The molecule has 0 saturated carbocycles. The number of benzene rings is 1. The third-order valence-electron chi connectivity index (χ3n) is 2.82. The van der Waals surface area contributed by atoms with Gasteiger partial charge in [0.05, 0.1) is 5.54 Å². The highest BCUT2D eigenvalue weighted by molar-refractivity contribution is 6.22. The standard InChI is InChI=1S/C13H15Cl2NO3/c1-13(7-14,8-15)16-12(17)11-6-18-9-4-2-3-5-10(9)19-11/h2-5,11H,6-8H2,1H3,(H,16,17). The monoisotopic (exact) mass is 303 g/mol. The molecule has 0 spiro atoms. The summed E-state index contributed by atoms with van der Waals surface area (Å²) in [5.41, 5.74) is -0.652. The van der Waals surface area contributed by atoms with E-state index in [-0.39, 0.29) is 24.3 Å². The molecule has 1 aromatic rings. The molecule has 0 bridgehead atoms. The Balaban J connectivity index is 2.03. The SMILES string of the molecule is CC(CCl)(CCl)NC(=O)C1COc2ccccc2O1. The maximum atomic E-state index is 12.1. The number of fused-ring (bicyclic) bond motifs is 1. The van der Waals surface area contributed by atoms with Gasteiger partial charge in [-0.25, -0.2) is 0 Å². The molecule has 0 saturated heterocycles. The summed E-state index contributed by atoms with van der Waals surface area (Å²) < 4.78 is 11.1. The smallest absolute Gasteiger partial charge is 0.265 e. The highest BCUT2D eigenvalue weighted by Gasteiger charge is 2.32. The number of hydrogen-bond donors (Lipinski definition) is 1. The van der Waals surface area contributed by atoms with Gasteiger partial charge in [0, 0.05) is 11.8 Å². The molecule has 1 aliphatic rings. The van der Waals surface area contributed by atoms with Crippen molar-refractivity contribution in [2.45, 2.75) is 18.6 Å². The minimum Gasteiger partial charge on any atom is -0.485 e. The molecule has 1 heterocycles. The summed E-state index contributed by atoms with van der Waals surface area (Å²) in [5, 5.41) is 2.79. The summed E-state index contributed by atoms with van der Waals surface area (Å²) in [6.07, 6.45) is -0.694. The zero-order chi connectivity index (χ0) is 13.9. The molecular weight excluding hydrogens is 289 g/mol. The van der Waals surface area contributed by atoms with Crippen molar-refractivity contribution in [2.24, 2.45) is 0 Å². The van der Waals surface area contributed by atoms with Gasteiger partial charge < -0.3 is 14.8 Å². The number of rotatable bonds is 4. The van der Waals surface area contributed by atoms with Crippen LogP contribution in [0.4, 0.5) is 0 Å². The van der Waals surface area contributed by atoms with Gasteiger partial charge in [-0.05, 0) is 19.1 Å². The second-order valence-electron chi connectivity index (χ2n) is 4.68. The van der Waals surface area contributed by atoms with Gasteiger partial charge in [0.1, 0.15) is 6.61 Å². The van der Waals surface area contributed by atoms with Crippen LogP contribution in [-0.2, 0) is 4.79 Å². The first-order valence-corrected chi connectivity index (χ1v) is 6.97. The lowest BCUT2D eigenvalue weighted by Crippen LogP contribution is -2.55. The number of halogens is 2. The van der Waals surface area contributed by atoms with Crippen LogP contribution in [0.1, 0.15) is 6.92 Å². The van der Waals surface area contributed by atoms with Crippen LogP contribution in [0, 0.1) is 0 Å². The number of alkyl halides is 2. The van der Waals surface area contributed by atoms with E-state index in [1.54, 1.807) is 19.1 Å². The number of hydrogen-bond acceptors (Lipinski definition) is 3. The fourth-order valence-corrected chi connectivity index (χ4v) is 2.05. The third kappa shape index (κ3) is 3.25. The minimum absolute atomic E-state index is 0.170. The molecule has 0 aliphatic carbocycles. The Morgan fingerprint density at radius 3 is 2.63 bits per heavy atom. The van der Waals surface area contributed by atoms with E-state index >= 15 is 0 Å². The van der Waals surface area contributed by atoms with Crippen molar-refractivity contribution in [3.05, 3.63) is 24.3 Å². The minimum atomic E-state index is -0.694. The van der Waals surface area contributed by atoms with E-state index in [1.165, 1.54) is 0 Å². The Bertz CT molecular complexity index is 463. The fourth-order valence-electron chi connectivity index (χ4n) is 1.63. The largest absolute Gasteiger partial charge is 0.485 e. The summed E-state index contributed by atoms with van der Waals surface area (Å²) in [4.78, 5) is 12.1. The average Bonchev–Trinajstić information content (AvgIpc) is 2.46. The lowest BCUT2D eigenvalue weighted by atomic mass is 10.1. The maximum Gasteiger partial charge on any atom is 0.265 e. The fraction of sp³-hybridized carbons (Fsp3) is 0.462. The zero-order valence-electron chi connectivity index (χ0n) is 10.5. The van der Waals surface area contributed by atoms with E-state index in [0.717, 1.165) is 0 Å². The highest BCUT2D eigenvalue weighted by atomic mass is 35.5. The van der Waals surface area contributed by atoms with Gasteiger partial charge in [-0.3, -0.25) is 4.79 Å². The number of para-hydroxylation sites is 2. The van der Waals surface area contributed by atoms with Crippen molar-refractivity contribution >= 4 is 29.1 Å². The molecule has 1 aromatic carbocycles. The summed E-state index contributed by atoms with van der Waals surface area (Å²) in [5.74, 6) is 1.38. The maximum absolute atomic E-state index is 12.1. The average molecular weight is 304 g/mol. The molecule has 1 N–H and O–H groups in total. The Hall–Kier alpha value is -1.13. The highest BCUT2D eigenvalue weighted by Crippen LogP contribution is 2.31. The first-order chi connectivity index (χ1) is 9.08. The van der Waals surface area contributed by atoms with Crippen LogP contribution in [0.5, 0.6) is 11.5 Å². The van der Waals surface area contributed by atoms with Crippen molar-refractivity contribution in [3.8, 4) is 11.5 Å². The Morgan fingerprint density at radius 2 is 2.00 bits per heavy atom. The Morgan fingerprint density at radius 1 is 1.37 bits per heavy atom. The van der Waals surface area contributed by atoms with Crippen LogP contribution in [0.25, 0.3) is 0 Å². The molecule has 1 amide bonds. The van der Waals surface area contributed by atoms with Crippen molar-refractivity contribution in [3.63, 3.8) is 0 Å². The van der Waals surface area contributed by atoms with Crippen LogP contribution in [-0.4, -0.2) is 35.9 Å². The number of carbonyl (C=O) groups is 1. The molecule has 4 nitrogen and oxygen atoms in total. The summed E-state index contributed by atoms with van der Waals surface area (Å²) in [7, 11) is 0. The molecular formula is C13H15Cl2NO3. The van der Waals surface area contributed by atoms with Crippen LogP contribution in [0.15, 0.2) is 24.3 Å². The van der Waals surface area contributed by atoms with Crippen LogP contribution in [0.2, 0.25) is 0 Å². The van der Waals surface area contributed by atoms with Gasteiger partial charge in [0.15, 0.2) is 11.5 Å². The van der Waals surface area contributed by atoms with E-state index in [1.807, 2.05) is 12.1 Å². The third-order valence-corrected chi connectivity index (χ3v) is 4.00. The normalized spacial score (nSPS) is 17.9. The van der Waals surface area contributed by atoms with Gasteiger partial charge in [-0.15, -0.1) is 23.2 Å². The summed E-state index contributed by atoms with van der Waals surface area (Å²) in [6, 6.07) is 7.23. The second kappa shape index (κ2) is 5.88. The van der Waals surface area contributed by atoms with E-state index in [9.17, 15) is 4.79 Å². The van der Waals surface area contributed by atoms with Gasteiger partial charge in [-0.1, -0.05) is 12.1 Å². The molecule has 6 heteroatoms. The lowest BCUT2D eigenvalue weighted by molar-refractivity contribution is -0.131. The number of ether oxygens (including phenoxy) is 2. The molecule has 104 valence electrons. The van der Waals surface area contributed by atoms with Crippen molar-refractivity contribution < 1.29 is 14.3 Å². The van der Waals surface area contributed by atoms with Crippen LogP contribution in [0.3, 0.4) is 0 Å². The van der Waals surface area contributed by atoms with Crippen molar-refractivity contribution in [2.75, 3.05) is 18.4 Å². The lowest BCUT2D eigenvalue weighted by Gasteiger charge is -2.31. The summed E-state index contributed by atoms with van der Waals surface area (Å²) in [6.45, 7) is 1.95. The molecule has 0 radical (unpaired) electrons. The van der Waals surface area contributed by atoms with Crippen molar-refractivity contribution in [1.82, 2.24) is 5.32 Å². The quantitative estimate of drug-likeness (QED) is 0.867. The number of nitrogens with one attached hydrogen (secondary N) is 1. The number of amides is 1. The van der Waals surface area contributed by atoms with Crippen LogP contribution >= 0.6 is 23.2 Å². The molecule has 1 aliphatic heterocycles. The van der Waals surface area contributed by atoms with Gasteiger partial charge >= 0.3 is 0 Å². The van der Waals surface area contributed by atoms with Gasteiger partial charge in [0.2, 0.25) is 6.10 Å².